The van der Waals surface area contributed by atoms with Crippen LogP contribution in [0.25, 0.3) is 0 Å². The van der Waals surface area contributed by atoms with Gasteiger partial charge in [0, 0.05) is 11.9 Å². The second-order valence-electron chi connectivity index (χ2n) is 16.4. The normalized spacial score (nSPS) is 13.1. The first-order valence-electron chi connectivity index (χ1n) is 23.3. The minimum absolute atomic E-state index is 0. The first-order valence-corrected chi connectivity index (χ1v) is 23.3. The van der Waals surface area contributed by atoms with Gasteiger partial charge in [0.25, 0.3) is 0 Å². The van der Waals surface area contributed by atoms with E-state index in [2.05, 4.69) is 38.1 Å². The molecule has 2 N–H and O–H groups in total. The van der Waals surface area contributed by atoms with Gasteiger partial charge in [-0.3, -0.25) is 0 Å². The zero-order valence-corrected chi connectivity index (χ0v) is 41.8. The molecule has 0 heterocycles. The van der Waals surface area contributed by atoms with Gasteiger partial charge in [-0.1, -0.05) is 190 Å². The number of aliphatic hydroxyl groups is 2. The Morgan fingerprint density at radius 2 is 0.780 bits per heavy atom. The fraction of sp³-hybridized carbons (Fsp3) is 0.720. The number of aliphatic hydroxyl groups excluding tert-OH is 2. The smallest absolute Gasteiger partial charge is 0.550 e. The van der Waals surface area contributed by atoms with E-state index in [4.69, 9.17) is 9.47 Å². The molecule has 0 aliphatic carbocycles. The van der Waals surface area contributed by atoms with Gasteiger partial charge in [-0.2, -0.15) is 0 Å². The zero-order valence-electron chi connectivity index (χ0n) is 37.3. The number of carbonyl (C=O) groups is 2. The minimum atomic E-state index is -0.956. The molecule has 0 amide bonds. The van der Waals surface area contributed by atoms with Crippen molar-refractivity contribution in [1.29, 1.82) is 0 Å². The number of hydrogen-bond acceptors (Lipinski definition) is 8. The van der Waals surface area contributed by atoms with Crippen molar-refractivity contribution >= 4 is 60.8 Å². The van der Waals surface area contributed by atoms with E-state index in [1.165, 1.54) is 51.4 Å². The van der Waals surface area contributed by atoms with Gasteiger partial charge < -0.3 is 39.5 Å². The predicted octanol–water partition coefficient (Wildman–Crippen LogP) is 9.95. The third kappa shape index (κ3) is 38.2. The van der Waals surface area contributed by atoms with Crippen molar-refractivity contribution < 1.29 is 39.5 Å². The zero-order chi connectivity index (χ0) is 42.3. The number of aliphatic carboxylic acids is 2. The number of ether oxygens (including phenoxy) is 2. The quantitative estimate of drug-likeness (QED) is 0.0501. The molecule has 0 aromatic heterocycles. The summed E-state index contributed by atoms with van der Waals surface area (Å²) >= 11 is 0. The van der Waals surface area contributed by atoms with Crippen LogP contribution in [0.3, 0.4) is 0 Å². The van der Waals surface area contributed by atoms with Crippen LogP contribution in [0.15, 0.2) is 60.7 Å². The molecule has 2 aromatic rings. The van der Waals surface area contributed by atoms with E-state index < -0.39 is 11.9 Å². The van der Waals surface area contributed by atoms with Crippen LogP contribution in [-0.2, 0) is 32.3 Å². The van der Waals surface area contributed by atoms with Crippen LogP contribution in [0.5, 0.6) is 0 Å². The van der Waals surface area contributed by atoms with Crippen LogP contribution in [0, 0.1) is 0 Å². The number of benzene rings is 2. The van der Waals surface area contributed by atoms with Crippen molar-refractivity contribution in [2.45, 2.75) is 231 Å². The number of rotatable bonds is 38. The maximum atomic E-state index is 10.5. The summed E-state index contributed by atoms with van der Waals surface area (Å²) in [7, 11) is 0. The molecule has 332 valence electrons. The summed E-state index contributed by atoms with van der Waals surface area (Å²) in [5.41, 5.74) is 2.32. The predicted molar refractivity (Wildman–Crippen MR) is 238 cm³/mol. The van der Waals surface area contributed by atoms with Gasteiger partial charge in [-0.25, -0.2) is 0 Å². The molecule has 9 heteroatoms. The second-order valence-corrected chi connectivity index (χ2v) is 16.4. The average Bonchev–Trinajstić information content (AvgIpc) is 3.21. The maximum Gasteiger partial charge on any atom is 2.00 e. The van der Waals surface area contributed by atoms with Crippen molar-refractivity contribution in [2.75, 3.05) is 0 Å². The fourth-order valence-corrected chi connectivity index (χ4v) is 7.27. The van der Waals surface area contributed by atoms with E-state index in [-0.39, 0.29) is 86.1 Å². The Morgan fingerprint density at radius 1 is 0.475 bits per heavy atom. The second kappa shape index (κ2) is 42.1. The third-order valence-corrected chi connectivity index (χ3v) is 10.8. The summed E-state index contributed by atoms with van der Waals surface area (Å²) in [6, 6.07) is 20.4. The molecule has 0 aliphatic rings. The Labute approximate surface area is 400 Å². The van der Waals surface area contributed by atoms with Crippen LogP contribution in [0.1, 0.15) is 205 Å². The first-order chi connectivity index (χ1) is 28.2. The molecule has 0 bridgehead atoms. The van der Waals surface area contributed by atoms with Crippen molar-refractivity contribution in [3.63, 3.8) is 0 Å². The average molecular weight is 949 g/mol. The molecule has 0 saturated carbocycles. The van der Waals surface area contributed by atoms with Crippen LogP contribution in [0.2, 0.25) is 0 Å². The number of carboxylic acid groups (broad SMARTS) is 2. The minimum Gasteiger partial charge on any atom is -0.550 e. The molecular weight excluding hydrogens is 866 g/mol. The number of carboxylic acids is 2. The van der Waals surface area contributed by atoms with E-state index in [1.54, 1.807) is 0 Å². The fourth-order valence-electron chi connectivity index (χ4n) is 7.27. The van der Waals surface area contributed by atoms with Crippen LogP contribution in [-0.4, -0.2) is 95.4 Å². The molecule has 4 unspecified atom stereocenters. The molecule has 2 rings (SSSR count). The van der Waals surface area contributed by atoms with E-state index >= 15 is 0 Å². The van der Waals surface area contributed by atoms with Crippen LogP contribution in [0.4, 0.5) is 0 Å². The van der Waals surface area contributed by atoms with E-state index in [0.29, 0.717) is 38.9 Å². The van der Waals surface area contributed by atoms with Gasteiger partial charge in [-0.05, 0) is 75.3 Å². The molecular formula is C50H82BaO8. The summed E-state index contributed by atoms with van der Waals surface area (Å²) in [5.74, 6) is -1.91. The molecule has 0 aliphatic heterocycles. The molecule has 0 radical (unpaired) electrons. The van der Waals surface area contributed by atoms with Gasteiger partial charge in [0.1, 0.15) is 0 Å². The van der Waals surface area contributed by atoms with Gasteiger partial charge in [0.15, 0.2) is 0 Å². The Bertz CT molecular complexity index is 1110. The largest absolute Gasteiger partial charge is 2.00 e. The van der Waals surface area contributed by atoms with Crippen molar-refractivity contribution in [3.8, 4) is 0 Å². The van der Waals surface area contributed by atoms with E-state index in [0.717, 1.165) is 101 Å². The number of carbonyl (C=O) groups excluding carboxylic acids is 2. The SMILES string of the molecule is CCCCCCCC(O)CC(CCCCCCCC(=O)[O-])OCc1ccccc1.CCCCCCCC(O)CC(CCCCCCCC(=O)[O-])OCc1ccccc1.[Ba+2]. The molecule has 0 fully saturated rings. The maximum absolute atomic E-state index is 10.5. The van der Waals surface area contributed by atoms with Gasteiger partial charge >= 0.3 is 48.9 Å². The molecule has 8 nitrogen and oxygen atoms in total. The van der Waals surface area contributed by atoms with Crippen molar-refractivity contribution in [3.05, 3.63) is 71.8 Å². The summed E-state index contributed by atoms with van der Waals surface area (Å²) < 4.78 is 12.3. The Morgan fingerprint density at radius 3 is 1.12 bits per heavy atom. The Hall–Kier alpha value is -1.21. The molecule has 59 heavy (non-hydrogen) atoms. The molecule has 4 atom stereocenters. The topological polar surface area (TPSA) is 139 Å². The molecule has 0 spiro atoms. The first kappa shape index (κ1) is 57.8. The molecule has 2 aromatic carbocycles. The van der Waals surface area contributed by atoms with Gasteiger partial charge in [0.05, 0.1) is 37.6 Å². The molecule has 0 saturated heterocycles. The standard InChI is InChI=1S/2C25H42O4.Ba/c2*1-2-3-4-6-12-17-23(26)20-24(29-21-22-15-10-9-11-16-22)18-13-7-5-8-14-19-25(27)28;/h2*9-11,15-16,23-24,26H,2-8,12-14,17-21H2,1H3,(H,27,28);/q;;+2/p-2. The monoisotopic (exact) mass is 949 g/mol. The summed E-state index contributed by atoms with van der Waals surface area (Å²) in [5, 5.41) is 41.8. The van der Waals surface area contributed by atoms with Crippen LogP contribution >= 0.6 is 0 Å². The Kier molecular flexibility index (Phi) is 41.2. The van der Waals surface area contributed by atoms with E-state index in [1.807, 2.05) is 36.4 Å². The van der Waals surface area contributed by atoms with Crippen molar-refractivity contribution in [2.24, 2.45) is 0 Å². The summed E-state index contributed by atoms with van der Waals surface area (Å²) in [4.78, 5) is 20.9. The van der Waals surface area contributed by atoms with E-state index in [9.17, 15) is 30.0 Å². The number of unbranched alkanes of at least 4 members (excludes halogenated alkanes) is 16. The summed E-state index contributed by atoms with van der Waals surface area (Å²) in [6.45, 7) is 5.60. The van der Waals surface area contributed by atoms with Gasteiger partial charge in [-0.15, -0.1) is 0 Å². The number of hydrogen-bond donors (Lipinski definition) is 2. The summed E-state index contributed by atoms with van der Waals surface area (Å²) in [6.07, 6.45) is 26.6. The van der Waals surface area contributed by atoms with Crippen LogP contribution < -0.4 is 10.2 Å². The van der Waals surface area contributed by atoms with Gasteiger partial charge in [0.2, 0.25) is 0 Å². The Balaban J connectivity index is 0.00000112. The van der Waals surface area contributed by atoms with Crippen molar-refractivity contribution in [1.82, 2.24) is 0 Å². The third-order valence-electron chi connectivity index (χ3n) is 10.8.